The molecule has 0 saturated heterocycles. The molecule has 1 amide bonds. The molecule has 0 unspecified atom stereocenters. The maximum Gasteiger partial charge on any atom is 0.262 e. The quantitative estimate of drug-likeness (QED) is 0.324. The maximum atomic E-state index is 12.3. The summed E-state index contributed by atoms with van der Waals surface area (Å²) < 4.78 is 11.9. The molecule has 0 spiro atoms. The van der Waals surface area contributed by atoms with Gasteiger partial charge in [0.2, 0.25) is 0 Å². The highest BCUT2D eigenvalue weighted by Crippen LogP contribution is 2.37. The van der Waals surface area contributed by atoms with Crippen molar-refractivity contribution in [2.24, 2.45) is 0 Å². The highest BCUT2D eigenvalue weighted by molar-refractivity contribution is 9.10. The lowest BCUT2D eigenvalue weighted by Gasteiger charge is -2.15. The summed E-state index contributed by atoms with van der Waals surface area (Å²) in [7, 11) is 1.56. The zero-order valence-corrected chi connectivity index (χ0v) is 21.0. The van der Waals surface area contributed by atoms with Crippen LogP contribution in [0.25, 0.3) is 0 Å². The third-order valence-corrected chi connectivity index (χ3v) is 6.16. The first-order valence-electron chi connectivity index (χ1n) is 9.82. The van der Waals surface area contributed by atoms with Crippen LogP contribution in [0.5, 0.6) is 11.5 Å². The molecule has 3 aromatic carbocycles. The van der Waals surface area contributed by atoms with Crippen LogP contribution in [0.2, 0.25) is 10.0 Å². The molecular weight excluding hydrogens is 515 g/mol. The summed E-state index contributed by atoms with van der Waals surface area (Å²) in [5.41, 5.74) is 4.46. The number of halogens is 3. The summed E-state index contributed by atoms with van der Waals surface area (Å²) in [4.78, 5) is 12.3. The molecule has 0 aliphatic rings. The normalized spacial score (nSPS) is 10.6. The first kappa shape index (κ1) is 24.2. The van der Waals surface area contributed by atoms with Crippen molar-refractivity contribution in [3.63, 3.8) is 0 Å². The topological polar surface area (TPSA) is 59.6 Å². The van der Waals surface area contributed by atoms with Gasteiger partial charge in [0, 0.05) is 28.0 Å². The summed E-state index contributed by atoms with van der Waals surface area (Å²) >= 11 is 15.8. The van der Waals surface area contributed by atoms with Gasteiger partial charge < -0.3 is 20.1 Å². The molecule has 0 radical (unpaired) electrons. The third-order valence-electron chi connectivity index (χ3n) is 4.76. The van der Waals surface area contributed by atoms with Gasteiger partial charge in [0.1, 0.15) is 0 Å². The highest BCUT2D eigenvalue weighted by Gasteiger charge is 2.14. The summed E-state index contributed by atoms with van der Waals surface area (Å²) in [5.74, 6) is 0.664. The molecule has 0 aromatic heterocycles. The Kier molecular flexibility index (Phi) is 8.29. The van der Waals surface area contributed by atoms with Gasteiger partial charge in [0.05, 0.1) is 11.6 Å². The molecule has 0 bridgehead atoms. The Labute approximate surface area is 206 Å². The summed E-state index contributed by atoms with van der Waals surface area (Å²) in [5, 5.41) is 7.41. The predicted molar refractivity (Wildman–Crippen MR) is 135 cm³/mol. The number of benzene rings is 3. The number of anilines is 2. The first-order valence-corrected chi connectivity index (χ1v) is 11.4. The van der Waals surface area contributed by atoms with Crippen LogP contribution >= 0.6 is 39.1 Å². The maximum absolute atomic E-state index is 12.3. The summed E-state index contributed by atoms with van der Waals surface area (Å²) in [6.07, 6.45) is 0. The van der Waals surface area contributed by atoms with Gasteiger partial charge in [-0.1, -0.05) is 35.3 Å². The number of aryl methyl sites for hydroxylation is 2. The minimum atomic E-state index is -0.305. The average Bonchev–Trinajstić information content (AvgIpc) is 2.76. The third kappa shape index (κ3) is 6.31. The molecule has 2 N–H and O–H groups in total. The van der Waals surface area contributed by atoms with Crippen molar-refractivity contribution < 1.29 is 14.3 Å². The molecule has 0 saturated carbocycles. The van der Waals surface area contributed by atoms with Crippen LogP contribution in [0.4, 0.5) is 11.4 Å². The van der Waals surface area contributed by atoms with Crippen molar-refractivity contribution in [3.05, 3.63) is 79.7 Å². The molecule has 0 fully saturated rings. The molecule has 8 heteroatoms. The summed E-state index contributed by atoms with van der Waals surface area (Å²) in [6, 6.07) is 14.9. The van der Waals surface area contributed by atoms with Gasteiger partial charge in [0.25, 0.3) is 5.91 Å². The van der Waals surface area contributed by atoms with Crippen molar-refractivity contribution in [3.8, 4) is 11.5 Å². The van der Waals surface area contributed by atoms with E-state index in [0.29, 0.717) is 38.2 Å². The second-order valence-electron chi connectivity index (χ2n) is 7.23. The Balaban J connectivity index is 1.64. The molecule has 0 heterocycles. The van der Waals surface area contributed by atoms with Crippen molar-refractivity contribution in [2.45, 2.75) is 20.4 Å². The fourth-order valence-corrected chi connectivity index (χ4v) is 3.89. The lowest BCUT2D eigenvalue weighted by atomic mass is 10.2. The van der Waals surface area contributed by atoms with Crippen molar-refractivity contribution in [1.29, 1.82) is 0 Å². The number of rotatable bonds is 8. The van der Waals surface area contributed by atoms with Gasteiger partial charge in [-0.25, -0.2) is 0 Å². The van der Waals surface area contributed by atoms with E-state index in [1.807, 2.05) is 50.2 Å². The monoisotopic (exact) mass is 536 g/mol. The van der Waals surface area contributed by atoms with Crippen molar-refractivity contribution in [1.82, 2.24) is 0 Å². The van der Waals surface area contributed by atoms with Crippen LogP contribution in [0.15, 0.2) is 53.0 Å². The highest BCUT2D eigenvalue weighted by atomic mass is 79.9. The van der Waals surface area contributed by atoms with E-state index in [1.165, 1.54) is 0 Å². The molecule has 3 rings (SSSR count). The molecule has 168 valence electrons. The Morgan fingerprint density at radius 3 is 2.22 bits per heavy atom. The second kappa shape index (κ2) is 10.9. The number of hydrogen-bond acceptors (Lipinski definition) is 4. The smallest absolute Gasteiger partial charge is 0.262 e. The lowest BCUT2D eigenvalue weighted by molar-refractivity contribution is -0.118. The Hall–Kier alpha value is -2.41. The minimum Gasteiger partial charge on any atom is -0.493 e. The zero-order chi connectivity index (χ0) is 23.3. The molecule has 0 aliphatic carbocycles. The minimum absolute atomic E-state index is 0.181. The van der Waals surface area contributed by atoms with Crippen LogP contribution in [-0.2, 0) is 11.3 Å². The number of nitrogens with one attached hydrogen (secondary N) is 2. The van der Waals surface area contributed by atoms with Crippen LogP contribution in [-0.4, -0.2) is 19.6 Å². The van der Waals surface area contributed by atoms with Crippen molar-refractivity contribution in [2.75, 3.05) is 24.4 Å². The van der Waals surface area contributed by atoms with E-state index in [-0.39, 0.29) is 12.5 Å². The fourth-order valence-electron chi connectivity index (χ4n) is 2.93. The standard InChI is InChI=1S/C24H23BrCl2N2O3/c1-14-4-6-17(10-20(14)26)28-12-16-8-19(25)24(22(9-16)31-3)32-13-23(30)29-18-7-5-15(2)21(27)11-18/h4-11,28H,12-13H2,1-3H3,(H,29,30). The number of hydrogen-bond donors (Lipinski definition) is 2. The summed E-state index contributed by atoms with van der Waals surface area (Å²) in [6.45, 7) is 4.24. The number of carbonyl (C=O) groups excluding carboxylic acids is 1. The van der Waals surface area contributed by atoms with Gasteiger partial charge in [0.15, 0.2) is 18.1 Å². The van der Waals surface area contributed by atoms with E-state index in [0.717, 1.165) is 22.4 Å². The van der Waals surface area contributed by atoms with Gasteiger partial charge >= 0.3 is 0 Å². The fraction of sp³-hybridized carbons (Fsp3) is 0.208. The SMILES string of the molecule is COc1cc(CNc2ccc(C)c(Cl)c2)cc(Br)c1OCC(=O)Nc1ccc(C)c(Cl)c1. The van der Waals surface area contributed by atoms with Crippen LogP contribution < -0.4 is 20.1 Å². The second-order valence-corrected chi connectivity index (χ2v) is 8.90. The Morgan fingerprint density at radius 2 is 1.59 bits per heavy atom. The van der Waals surface area contributed by atoms with Crippen LogP contribution in [0.3, 0.4) is 0 Å². The molecule has 0 atom stereocenters. The molecular formula is C24H23BrCl2N2O3. The number of methoxy groups -OCH3 is 1. The van der Waals surface area contributed by atoms with E-state index >= 15 is 0 Å². The Bertz CT molecular complexity index is 1140. The van der Waals surface area contributed by atoms with E-state index in [2.05, 4.69) is 26.6 Å². The lowest BCUT2D eigenvalue weighted by Crippen LogP contribution is -2.20. The molecule has 32 heavy (non-hydrogen) atoms. The molecule has 3 aromatic rings. The number of carbonyl (C=O) groups is 1. The van der Waals surface area contributed by atoms with Gasteiger partial charge in [-0.2, -0.15) is 0 Å². The molecule has 0 aliphatic heterocycles. The largest absolute Gasteiger partial charge is 0.493 e. The zero-order valence-electron chi connectivity index (χ0n) is 17.9. The van der Waals surface area contributed by atoms with Crippen LogP contribution in [0.1, 0.15) is 16.7 Å². The number of ether oxygens (including phenoxy) is 2. The van der Waals surface area contributed by atoms with E-state index in [9.17, 15) is 4.79 Å². The Morgan fingerprint density at radius 1 is 0.969 bits per heavy atom. The predicted octanol–water partition coefficient (Wildman–Crippen LogP) is 7.01. The number of amides is 1. The van der Waals surface area contributed by atoms with Crippen LogP contribution in [0, 0.1) is 13.8 Å². The van der Waals surface area contributed by atoms with Gasteiger partial charge in [-0.05, 0) is 82.9 Å². The van der Waals surface area contributed by atoms with Gasteiger partial charge in [-0.15, -0.1) is 0 Å². The molecule has 5 nitrogen and oxygen atoms in total. The van der Waals surface area contributed by atoms with Gasteiger partial charge in [-0.3, -0.25) is 4.79 Å². The van der Waals surface area contributed by atoms with E-state index < -0.39 is 0 Å². The first-order chi connectivity index (χ1) is 15.3. The van der Waals surface area contributed by atoms with E-state index in [1.54, 1.807) is 19.2 Å². The van der Waals surface area contributed by atoms with Crippen molar-refractivity contribution >= 4 is 56.4 Å². The average molecular weight is 538 g/mol. The van der Waals surface area contributed by atoms with E-state index in [4.69, 9.17) is 32.7 Å².